The molecule has 0 spiro atoms. The Labute approximate surface area is 199 Å². The Bertz CT molecular complexity index is 1090. The van der Waals surface area contributed by atoms with Crippen molar-refractivity contribution in [2.75, 3.05) is 12.4 Å². The molecule has 0 saturated carbocycles. The fraction of sp³-hybridized carbons (Fsp3) is 0.480. The Morgan fingerprint density at radius 2 is 1.53 bits per heavy atom. The highest BCUT2D eigenvalue weighted by molar-refractivity contribution is 7.91. The van der Waals surface area contributed by atoms with Crippen LogP contribution < -0.4 is 0 Å². The molecule has 0 amide bonds. The van der Waals surface area contributed by atoms with Gasteiger partial charge in [-0.1, -0.05) is 48.5 Å². The summed E-state index contributed by atoms with van der Waals surface area (Å²) in [6.45, 7) is 1.68. The van der Waals surface area contributed by atoms with Crippen LogP contribution in [-0.2, 0) is 38.3 Å². The fourth-order valence-corrected chi connectivity index (χ4v) is 6.34. The molecule has 8 nitrogen and oxygen atoms in total. The molecule has 7 atom stereocenters. The van der Waals surface area contributed by atoms with Gasteiger partial charge in [0.1, 0.15) is 18.3 Å². The minimum absolute atomic E-state index is 0.209. The molecular weight excluding hydrogens is 460 g/mol. The zero-order chi connectivity index (χ0) is 23.7. The summed E-state index contributed by atoms with van der Waals surface area (Å²) in [4.78, 5) is 12.0. The maximum absolute atomic E-state index is 13.0. The lowest BCUT2D eigenvalue weighted by molar-refractivity contribution is -0.320. The summed E-state index contributed by atoms with van der Waals surface area (Å²) in [7, 11) is -3.64. The van der Waals surface area contributed by atoms with E-state index in [1.54, 1.807) is 30.3 Å². The topological polar surface area (TPSA) is 97.4 Å². The van der Waals surface area contributed by atoms with Crippen molar-refractivity contribution >= 4 is 15.8 Å². The Kier molecular flexibility index (Phi) is 6.72. The van der Waals surface area contributed by atoms with Gasteiger partial charge in [-0.25, -0.2) is 8.42 Å². The van der Waals surface area contributed by atoms with E-state index in [-0.39, 0.29) is 35.1 Å². The monoisotopic (exact) mass is 488 g/mol. The zero-order valence-electron chi connectivity index (χ0n) is 18.8. The lowest BCUT2D eigenvalue weighted by Crippen LogP contribution is -2.60. The predicted octanol–water partition coefficient (Wildman–Crippen LogP) is 2.82. The summed E-state index contributed by atoms with van der Waals surface area (Å²) in [5.74, 6) is -0.777. The predicted molar refractivity (Wildman–Crippen MR) is 121 cm³/mol. The van der Waals surface area contributed by atoms with E-state index in [0.29, 0.717) is 19.4 Å². The molecule has 5 rings (SSSR count). The molecule has 34 heavy (non-hydrogen) atoms. The van der Waals surface area contributed by atoms with Gasteiger partial charge in [0.2, 0.25) is 0 Å². The number of ether oxygens (including phenoxy) is 5. The highest BCUT2D eigenvalue weighted by Gasteiger charge is 2.50. The third kappa shape index (κ3) is 5.04. The highest BCUT2D eigenvalue weighted by atomic mass is 32.2. The third-order valence-corrected chi connectivity index (χ3v) is 8.22. The molecule has 0 N–H and O–H groups in total. The zero-order valence-corrected chi connectivity index (χ0v) is 19.6. The first-order valence-corrected chi connectivity index (χ1v) is 13.1. The first kappa shape index (κ1) is 23.4. The van der Waals surface area contributed by atoms with Crippen LogP contribution in [0.5, 0.6) is 0 Å². The maximum Gasteiger partial charge on any atom is 0.302 e. The number of benzene rings is 2. The smallest absolute Gasteiger partial charge is 0.302 e. The molecule has 2 aromatic rings. The third-order valence-electron chi connectivity index (χ3n) is 6.46. The van der Waals surface area contributed by atoms with Gasteiger partial charge in [-0.3, -0.25) is 4.79 Å². The summed E-state index contributed by atoms with van der Waals surface area (Å²) < 4.78 is 56.1. The molecule has 3 aliphatic heterocycles. The van der Waals surface area contributed by atoms with Crippen molar-refractivity contribution in [2.45, 2.75) is 67.6 Å². The van der Waals surface area contributed by atoms with Crippen molar-refractivity contribution in [2.24, 2.45) is 0 Å². The molecule has 182 valence electrons. The van der Waals surface area contributed by atoms with Crippen molar-refractivity contribution in [1.82, 2.24) is 0 Å². The summed E-state index contributed by atoms with van der Waals surface area (Å²) in [6, 6.07) is 17.9. The number of carbonyl (C=O) groups excluding carboxylic acids is 1. The van der Waals surface area contributed by atoms with Crippen LogP contribution in [0.25, 0.3) is 0 Å². The Morgan fingerprint density at radius 3 is 2.24 bits per heavy atom. The van der Waals surface area contributed by atoms with Crippen LogP contribution >= 0.6 is 0 Å². The number of carbonyl (C=O) groups is 1. The second-order valence-electron chi connectivity index (χ2n) is 8.89. The number of hydrogen-bond acceptors (Lipinski definition) is 8. The Hall–Kier alpha value is -2.30. The van der Waals surface area contributed by atoms with E-state index in [1.807, 2.05) is 30.3 Å². The second-order valence-corrected chi connectivity index (χ2v) is 10.9. The van der Waals surface area contributed by atoms with E-state index in [4.69, 9.17) is 23.7 Å². The molecular formula is C25H28O8S. The van der Waals surface area contributed by atoms with Crippen LogP contribution in [0.3, 0.4) is 0 Å². The first-order valence-electron chi connectivity index (χ1n) is 11.5. The van der Waals surface area contributed by atoms with Gasteiger partial charge in [0, 0.05) is 25.3 Å². The van der Waals surface area contributed by atoms with Gasteiger partial charge < -0.3 is 23.7 Å². The van der Waals surface area contributed by atoms with Crippen LogP contribution in [-0.4, -0.2) is 63.4 Å². The van der Waals surface area contributed by atoms with Crippen LogP contribution in [0.15, 0.2) is 65.6 Å². The lowest BCUT2D eigenvalue weighted by atomic mass is 9.90. The van der Waals surface area contributed by atoms with Crippen molar-refractivity contribution in [3.63, 3.8) is 0 Å². The molecule has 3 saturated heterocycles. The van der Waals surface area contributed by atoms with Crippen LogP contribution in [0.2, 0.25) is 0 Å². The fourth-order valence-electron chi connectivity index (χ4n) is 4.85. The summed E-state index contributed by atoms with van der Waals surface area (Å²) in [5, 5.41) is 0. The molecule has 3 heterocycles. The minimum Gasteiger partial charge on any atom is -0.460 e. The second kappa shape index (κ2) is 9.75. The summed E-state index contributed by atoms with van der Waals surface area (Å²) in [5.41, 5.74) is 0.925. The van der Waals surface area contributed by atoms with E-state index >= 15 is 0 Å². The minimum atomic E-state index is -3.64. The molecule has 0 bridgehead atoms. The average Bonchev–Trinajstić information content (AvgIpc) is 2.83. The van der Waals surface area contributed by atoms with E-state index in [1.165, 1.54) is 6.92 Å². The maximum atomic E-state index is 13.0. The molecule has 0 radical (unpaired) electrons. The quantitative estimate of drug-likeness (QED) is 0.593. The first-order chi connectivity index (χ1) is 16.4. The molecule has 9 heteroatoms. The number of hydrogen-bond donors (Lipinski definition) is 0. The highest BCUT2D eigenvalue weighted by Crippen LogP contribution is 2.39. The average molecular weight is 489 g/mol. The van der Waals surface area contributed by atoms with E-state index in [9.17, 15) is 13.2 Å². The van der Waals surface area contributed by atoms with Crippen molar-refractivity contribution in [1.29, 1.82) is 0 Å². The lowest BCUT2D eigenvalue weighted by Gasteiger charge is -2.49. The van der Waals surface area contributed by atoms with Gasteiger partial charge in [-0.15, -0.1) is 0 Å². The normalized spacial score (nSPS) is 33.4. The van der Waals surface area contributed by atoms with Gasteiger partial charge in [0.25, 0.3) is 0 Å². The Balaban J connectivity index is 1.31. The molecule has 0 aromatic heterocycles. The number of fused-ring (bicyclic) bond motifs is 2. The summed E-state index contributed by atoms with van der Waals surface area (Å²) >= 11 is 0. The molecule has 0 unspecified atom stereocenters. The van der Waals surface area contributed by atoms with Gasteiger partial charge >= 0.3 is 5.97 Å². The molecule has 0 aliphatic carbocycles. The van der Waals surface area contributed by atoms with Crippen LogP contribution in [0.1, 0.15) is 31.6 Å². The SMILES string of the molecule is CC(=O)O[C@@H]1C[C@@H]2O[C@@H]3CO[C@@H](c4ccccc4)O[C@H]3C[C@H]2O[C@H]1CS(=O)(=O)c1ccccc1. The van der Waals surface area contributed by atoms with E-state index < -0.39 is 34.3 Å². The number of rotatable bonds is 5. The van der Waals surface area contributed by atoms with E-state index in [2.05, 4.69) is 0 Å². The van der Waals surface area contributed by atoms with Gasteiger partial charge in [0.15, 0.2) is 16.1 Å². The van der Waals surface area contributed by atoms with Gasteiger partial charge in [0.05, 0.1) is 35.6 Å². The van der Waals surface area contributed by atoms with Crippen molar-refractivity contribution < 1.29 is 36.9 Å². The molecule has 3 aliphatic rings. The Morgan fingerprint density at radius 1 is 0.882 bits per heavy atom. The van der Waals surface area contributed by atoms with Gasteiger partial charge in [-0.2, -0.15) is 0 Å². The summed E-state index contributed by atoms with van der Waals surface area (Å²) in [6.07, 6.45) is -2.38. The van der Waals surface area contributed by atoms with Crippen LogP contribution in [0.4, 0.5) is 0 Å². The number of sulfone groups is 1. The number of esters is 1. The molecule has 3 fully saturated rings. The van der Waals surface area contributed by atoms with Crippen molar-refractivity contribution in [3.05, 3.63) is 66.2 Å². The molecule has 2 aromatic carbocycles. The van der Waals surface area contributed by atoms with Gasteiger partial charge in [-0.05, 0) is 12.1 Å². The largest absolute Gasteiger partial charge is 0.460 e. The van der Waals surface area contributed by atoms with E-state index in [0.717, 1.165) is 5.56 Å². The van der Waals surface area contributed by atoms with Crippen LogP contribution in [0, 0.1) is 0 Å². The van der Waals surface area contributed by atoms with Crippen molar-refractivity contribution in [3.8, 4) is 0 Å². The standard InChI is InChI=1S/C25H28O8S/c1-16(26)30-22-13-19-20(32-24(22)15-34(27,28)18-10-6-3-7-11-18)12-21-23(31-19)14-29-25(33-21)17-8-4-2-5-9-17/h2-11,19-25H,12-15H2,1H3/t19-,20+,21-,22+,23+,24-,25+/m0/s1.